The SMILES string of the molecule is CN(CC(C)(C)C)S(=O)(=O)c1c[nH]c(CO)c1. The van der Waals surface area contributed by atoms with Gasteiger partial charge >= 0.3 is 0 Å². The molecule has 0 atom stereocenters. The highest BCUT2D eigenvalue weighted by molar-refractivity contribution is 7.89. The predicted molar refractivity (Wildman–Crippen MR) is 66.0 cm³/mol. The van der Waals surface area contributed by atoms with Crippen LogP contribution in [0.1, 0.15) is 26.5 Å². The van der Waals surface area contributed by atoms with Gasteiger partial charge in [-0.05, 0) is 11.5 Å². The molecular weight excluding hydrogens is 240 g/mol. The van der Waals surface area contributed by atoms with Gasteiger partial charge in [-0.3, -0.25) is 0 Å². The third-order valence-corrected chi connectivity index (χ3v) is 4.07. The first-order valence-corrected chi connectivity index (χ1v) is 6.85. The van der Waals surface area contributed by atoms with Crippen molar-refractivity contribution in [3.05, 3.63) is 18.0 Å². The molecule has 0 aliphatic heterocycles. The van der Waals surface area contributed by atoms with E-state index in [9.17, 15) is 8.42 Å². The van der Waals surface area contributed by atoms with Crippen molar-refractivity contribution in [3.8, 4) is 0 Å². The summed E-state index contributed by atoms with van der Waals surface area (Å²) in [5.74, 6) is 0. The van der Waals surface area contributed by atoms with Gasteiger partial charge in [-0.1, -0.05) is 20.8 Å². The van der Waals surface area contributed by atoms with Crippen molar-refractivity contribution in [1.82, 2.24) is 9.29 Å². The van der Waals surface area contributed by atoms with Gasteiger partial charge in [-0.25, -0.2) is 12.7 Å². The van der Waals surface area contributed by atoms with Gasteiger partial charge in [0, 0.05) is 25.5 Å². The average Bonchev–Trinajstić information content (AvgIpc) is 2.63. The van der Waals surface area contributed by atoms with E-state index in [1.807, 2.05) is 20.8 Å². The summed E-state index contributed by atoms with van der Waals surface area (Å²) in [5.41, 5.74) is 0.394. The van der Waals surface area contributed by atoms with Crippen LogP contribution >= 0.6 is 0 Å². The first-order chi connectivity index (χ1) is 7.66. The van der Waals surface area contributed by atoms with E-state index in [1.165, 1.54) is 16.6 Å². The summed E-state index contributed by atoms with van der Waals surface area (Å²) in [5, 5.41) is 8.90. The maximum atomic E-state index is 12.2. The van der Waals surface area contributed by atoms with Crippen molar-refractivity contribution in [1.29, 1.82) is 0 Å². The van der Waals surface area contributed by atoms with Crippen molar-refractivity contribution in [2.24, 2.45) is 5.41 Å². The number of rotatable bonds is 4. The Bertz CT molecular complexity index is 471. The smallest absolute Gasteiger partial charge is 0.244 e. The van der Waals surface area contributed by atoms with Crippen LogP contribution < -0.4 is 0 Å². The highest BCUT2D eigenvalue weighted by atomic mass is 32.2. The lowest BCUT2D eigenvalue weighted by Gasteiger charge is -2.25. The summed E-state index contributed by atoms with van der Waals surface area (Å²) >= 11 is 0. The monoisotopic (exact) mass is 260 g/mol. The fourth-order valence-electron chi connectivity index (χ4n) is 1.59. The van der Waals surface area contributed by atoms with Crippen LogP contribution in [0.5, 0.6) is 0 Å². The molecule has 0 radical (unpaired) electrons. The second kappa shape index (κ2) is 4.80. The molecule has 0 fully saturated rings. The lowest BCUT2D eigenvalue weighted by atomic mass is 9.97. The normalized spacial score (nSPS) is 13.3. The molecule has 0 amide bonds. The number of nitrogens with one attached hydrogen (secondary N) is 1. The topological polar surface area (TPSA) is 73.4 Å². The number of hydrogen-bond donors (Lipinski definition) is 2. The van der Waals surface area contributed by atoms with Crippen molar-refractivity contribution in [2.75, 3.05) is 13.6 Å². The molecule has 0 bridgehead atoms. The Balaban J connectivity index is 2.95. The number of aromatic nitrogens is 1. The molecule has 0 spiro atoms. The molecule has 6 heteroatoms. The van der Waals surface area contributed by atoms with E-state index in [4.69, 9.17) is 5.11 Å². The van der Waals surface area contributed by atoms with E-state index in [2.05, 4.69) is 4.98 Å². The van der Waals surface area contributed by atoms with Crippen LogP contribution in [0, 0.1) is 5.41 Å². The zero-order valence-corrected chi connectivity index (χ0v) is 11.5. The van der Waals surface area contributed by atoms with Crippen LogP contribution in [0.15, 0.2) is 17.2 Å². The maximum Gasteiger partial charge on any atom is 0.244 e. The molecule has 0 unspecified atom stereocenters. The standard InChI is InChI=1S/C11H20N2O3S/c1-11(2,3)8-13(4)17(15,16)10-5-9(7-14)12-6-10/h5-6,12,14H,7-8H2,1-4H3. The van der Waals surface area contributed by atoms with Gasteiger partial charge in [0.1, 0.15) is 0 Å². The third-order valence-electron chi connectivity index (χ3n) is 2.29. The lowest BCUT2D eigenvalue weighted by molar-refractivity contribution is 0.277. The van der Waals surface area contributed by atoms with Crippen LogP contribution in [-0.2, 0) is 16.6 Å². The van der Waals surface area contributed by atoms with Crippen LogP contribution in [0.3, 0.4) is 0 Å². The van der Waals surface area contributed by atoms with Gasteiger partial charge in [0.05, 0.1) is 11.5 Å². The summed E-state index contributed by atoms with van der Waals surface area (Å²) in [7, 11) is -1.91. The summed E-state index contributed by atoms with van der Waals surface area (Å²) in [6, 6.07) is 1.45. The average molecular weight is 260 g/mol. The number of H-pyrrole nitrogens is 1. The first kappa shape index (κ1) is 14.2. The predicted octanol–water partition coefficient (Wildman–Crippen LogP) is 1.17. The largest absolute Gasteiger partial charge is 0.390 e. The second-order valence-electron chi connectivity index (χ2n) is 5.34. The van der Waals surface area contributed by atoms with Crippen LogP contribution in [0.4, 0.5) is 0 Å². The number of nitrogens with zero attached hydrogens (tertiary/aromatic N) is 1. The summed E-state index contributed by atoms with van der Waals surface area (Å²) in [6.07, 6.45) is 1.40. The molecule has 5 nitrogen and oxygen atoms in total. The van der Waals surface area contributed by atoms with Crippen molar-refractivity contribution < 1.29 is 13.5 Å². The molecular formula is C11H20N2O3S. The molecule has 1 rings (SSSR count). The zero-order valence-electron chi connectivity index (χ0n) is 10.7. The van der Waals surface area contributed by atoms with E-state index in [0.29, 0.717) is 12.2 Å². The van der Waals surface area contributed by atoms with Gasteiger partial charge in [-0.2, -0.15) is 0 Å². The fraction of sp³-hybridized carbons (Fsp3) is 0.636. The number of aliphatic hydroxyl groups excluding tert-OH is 1. The molecule has 2 N–H and O–H groups in total. The summed E-state index contributed by atoms with van der Waals surface area (Å²) < 4.78 is 25.7. The molecule has 1 aromatic rings. The van der Waals surface area contributed by atoms with Crippen LogP contribution in [0.2, 0.25) is 0 Å². The highest BCUT2D eigenvalue weighted by Gasteiger charge is 2.25. The number of hydrogen-bond acceptors (Lipinski definition) is 3. The minimum atomic E-state index is -3.47. The minimum absolute atomic E-state index is 0.0993. The van der Waals surface area contributed by atoms with Gasteiger partial charge in [-0.15, -0.1) is 0 Å². The maximum absolute atomic E-state index is 12.2. The molecule has 17 heavy (non-hydrogen) atoms. The number of sulfonamides is 1. The highest BCUT2D eigenvalue weighted by Crippen LogP contribution is 2.21. The molecule has 0 aliphatic carbocycles. The molecule has 0 saturated heterocycles. The van der Waals surface area contributed by atoms with Crippen LogP contribution in [-0.4, -0.2) is 36.4 Å². The van der Waals surface area contributed by atoms with E-state index < -0.39 is 10.0 Å². The van der Waals surface area contributed by atoms with Crippen molar-refractivity contribution >= 4 is 10.0 Å². The van der Waals surface area contributed by atoms with Crippen molar-refractivity contribution in [2.45, 2.75) is 32.3 Å². The summed E-state index contributed by atoms with van der Waals surface area (Å²) in [4.78, 5) is 2.91. The Morgan fingerprint density at radius 1 is 1.41 bits per heavy atom. The summed E-state index contributed by atoms with van der Waals surface area (Å²) in [6.45, 7) is 6.19. The van der Waals surface area contributed by atoms with Crippen molar-refractivity contribution in [3.63, 3.8) is 0 Å². The van der Waals surface area contributed by atoms with Gasteiger partial charge in [0.2, 0.25) is 10.0 Å². The Hall–Kier alpha value is -0.850. The van der Waals surface area contributed by atoms with Gasteiger partial charge in [0.25, 0.3) is 0 Å². The molecule has 0 saturated carbocycles. The Labute approximate surface area is 103 Å². The van der Waals surface area contributed by atoms with Crippen LogP contribution in [0.25, 0.3) is 0 Å². The van der Waals surface area contributed by atoms with E-state index in [1.54, 1.807) is 7.05 Å². The van der Waals surface area contributed by atoms with Gasteiger partial charge < -0.3 is 10.1 Å². The minimum Gasteiger partial charge on any atom is -0.390 e. The van der Waals surface area contributed by atoms with E-state index in [-0.39, 0.29) is 16.9 Å². The Morgan fingerprint density at radius 2 is 2.00 bits per heavy atom. The molecule has 0 aromatic carbocycles. The Kier molecular flexibility index (Phi) is 4.01. The van der Waals surface area contributed by atoms with E-state index >= 15 is 0 Å². The molecule has 1 heterocycles. The Morgan fingerprint density at radius 3 is 2.41 bits per heavy atom. The molecule has 98 valence electrons. The third kappa shape index (κ3) is 3.55. The lowest BCUT2D eigenvalue weighted by Crippen LogP contribution is -2.34. The number of aliphatic hydroxyl groups is 1. The zero-order chi connectivity index (χ0) is 13.3. The van der Waals surface area contributed by atoms with E-state index in [0.717, 1.165) is 0 Å². The number of aromatic amines is 1. The molecule has 0 aliphatic rings. The second-order valence-corrected chi connectivity index (χ2v) is 7.39. The quantitative estimate of drug-likeness (QED) is 0.853. The first-order valence-electron chi connectivity index (χ1n) is 5.41. The molecule has 1 aromatic heterocycles. The van der Waals surface area contributed by atoms with Gasteiger partial charge in [0.15, 0.2) is 0 Å². The fourth-order valence-corrected chi connectivity index (χ4v) is 3.01.